The summed E-state index contributed by atoms with van der Waals surface area (Å²) >= 11 is 0. The molecule has 6 nitrogen and oxygen atoms in total. The molecular formula is C28H32N2O4. The number of aryl methyl sites for hydroxylation is 1. The summed E-state index contributed by atoms with van der Waals surface area (Å²) in [6.07, 6.45) is 7.09. The van der Waals surface area contributed by atoms with Gasteiger partial charge in [-0.25, -0.2) is 4.79 Å². The molecule has 34 heavy (non-hydrogen) atoms. The molecule has 3 aromatic rings. The number of carbonyl (C=O) groups is 2. The van der Waals surface area contributed by atoms with Gasteiger partial charge in [-0.1, -0.05) is 37.5 Å². The van der Waals surface area contributed by atoms with Crippen LogP contribution in [0.25, 0.3) is 22.2 Å². The molecule has 0 atom stereocenters. The predicted molar refractivity (Wildman–Crippen MR) is 133 cm³/mol. The molecule has 2 aromatic carbocycles. The second kappa shape index (κ2) is 9.16. The van der Waals surface area contributed by atoms with Crippen molar-refractivity contribution >= 4 is 22.8 Å². The molecule has 1 fully saturated rings. The van der Waals surface area contributed by atoms with Crippen LogP contribution in [0, 0.1) is 0 Å². The van der Waals surface area contributed by atoms with Crippen LogP contribution in [-0.4, -0.2) is 47.2 Å². The number of benzene rings is 2. The molecule has 0 unspecified atom stereocenters. The number of carboxylic acid groups (broad SMARTS) is 1. The minimum absolute atomic E-state index is 0.101. The molecule has 2 heterocycles. The average Bonchev–Trinajstić information content (AvgIpc) is 3.03. The van der Waals surface area contributed by atoms with E-state index >= 15 is 0 Å². The predicted octanol–water partition coefficient (Wildman–Crippen LogP) is 5.47. The number of aromatic carboxylic acids is 1. The van der Waals surface area contributed by atoms with Crippen LogP contribution in [0.5, 0.6) is 5.75 Å². The van der Waals surface area contributed by atoms with E-state index in [2.05, 4.69) is 22.8 Å². The second-order valence-corrected chi connectivity index (χ2v) is 9.72. The zero-order valence-corrected chi connectivity index (χ0v) is 20.0. The standard InChI is InChI=1S/C28H32N2O4/c1-29(2)24(31)14-12-19-9-6-10-22-26-25(18-7-4-3-5-8-18)21-13-11-20(28(32)33)17-23(21)30(26)15-16-34-27(19)22/h6,9-11,13,17-18H,3-5,7-8,12,14-16H2,1-2H3,(H,32,33). The quantitative estimate of drug-likeness (QED) is 0.548. The second-order valence-electron chi connectivity index (χ2n) is 9.72. The van der Waals surface area contributed by atoms with Gasteiger partial charge in [0.15, 0.2) is 0 Å². The molecule has 0 bridgehead atoms. The minimum atomic E-state index is -0.908. The van der Waals surface area contributed by atoms with E-state index in [9.17, 15) is 14.7 Å². The largest absolute Gasteiger partial charge is 0.491 e. The van der Waals surface area contributed by atoms with Crippen LogP contribution in [0.15, 0.2) is 36.4 Å². The number of hydrogen-bond donors (Lipinski definition) is 1. The van der Waals surface area contributed by atoms with Crippen LogP contribution in [0.2, 0.25) is 0 Å². The summed E-state index contributed by atoms with van der Waals surface area (Å²) in [7, 11) is 3.56. The molecular weight excluding hydrogens is 428 g/mol. The van der Waals surface area contributed by atoms with Crippen molar-refractivity contribution < 1.29 is 19.4 Å². The first-order valence-corrected chi connectivity index (χ1v) is 12.3. The zero-order chi connectivity index (χ0) is 23.8. The summed E-state index contributed by atoms with van der Waals surface area (Å²) in [5, 5.41) is 10.8. The van der Waals surface area contributed by atoms with Crippen molar-refractivity contribution in [3.05, 3.63) is 53.1 Å². The fourth-order valence-corrected chi connectivity index (χ4v) is 5.68. The molecule has 1 N–H and O–H groups in total. The summed E-state index contributed by atoms with van der Waals surface area (Å²) in [4.78, 5) is 25.6. The Kier molecular flexibility index (Phi) is 6.07. The van der Waals surface area contributed by atoms with Crippen molar-refractivity contribution in [1.82, 2.24) is 9.47 Å². The number of para-hydroxylation sites is 1. The Labute approximate surface area is 200 Å². The van der Waals surface area contributed by atoms with Gasteiger partial charge in [-0.15, -0.1) is 0 Å². The summed E-state index contributed by atoms with van der Waals surface area (Å²) in [6.45, 7) is 1.16. The van der Waals surface area contributed by atoms with E-state index in [1.165, 1.54) is 24.8 Å². The van der Waals surface area contributed by atoms with Crippen molar-refractivity contribution in [3.63, 3.8) is 0 Å². The highest BCUT2D eigenvalue weighted by Crippen LogP contribution is 2.48. The van der Waals surface area contributed by atoms with E-state index in [1.807, 2.05) is 12.1 Å². The van der Waals surface area contributed by atoms with Gasteiger partial charge in [-0.2, -0.15) is 0 Å². The molecule has 0 radical (unpaired) electrons. The molecule has 0 spiro atoms. The highest BCUT2D eigenvalue weighted by molar-refractivity contribution is 5.99. The first kappa shape index (κ1) is 22.5. The molecule has 5 rings (SSSR count). The Morgan fingerprint density at radius 3 is 2.65 bits per heavy atom. The van der Waals surface area contributed by atoms with E-state index < -0.39 is 5.97 Å². The number of rotatable bonds is 5. The van der Waals surface area contributed by atoms with Gasteiger partial charge in [0.1, 0.15) is 12.4 Å². The zero-order valence-electron chi connectivity index (χ0n) is 20.0. The molecule has 2 aliphatic rings. The maximum atomic E-state index is 12.2. The van der Waals surface area contributed by atoms with Crippen LogP contribution in [0.1, 0.15) is 65.9 Å². The fraction of sp³-hybridized carbons (Fsp3) is 0.429. The number of ether oxygens (including phenoxy) is 1. The molecule has 1 aromatic heterocycles. The summed E-state index contributed by atoms with van der Waals surface area (Å²) in [5.74, 6) is 0.512. The third-order valence-corrected chi connectivity index (χ3v) is 7.38. The lowest BCUT2D eigenvalue weighted by atomic mass is 9.81. The lowest BCUT2D eigenvalue weighted by molar-refractivity contribution is -0.128. The van der Waals surface area contributed by atoms with Crippen LogP contribution >= 0.6 is 0 Å². The summed E-state index contributed by atoms with van der Waals surface area (Å²) < 4.78 is 8.59. The number of carboxylic acids is 1. The number of amides is 1. The van der Waals surface area contributed by atoms with Crippen LogP contribution < -0.4 is 4.74 Å². The van der Waals surface area contributed by atoms with Crippen molar-refractivity contribution in [3.8, 4) is 17.0 Å². The number of carbonyl (C=O) groups excluding carboxylic acids is 1. The number of aromatic nitrogens is 1. The highest BCUT2D eigenvalue weighted by Gasteiger charge is 2.30. The Morgan fingerprint density at radius 2 is 1.91 bits per heavy atom. The number of fused-ring (bicyclic) bond motifs is 5. The normalized spacial score (nSPS) is 15.8. The monoisotopic (exact) mass is 460 g/mol. The van der Waals surface area contributed by atoms with Crippen LogP contribution in [0.3, 0.4) is 0 Å². The molecule has 178 valence electrons. The Balaban J connectivity index is 1.70. The maximum absolute atomic E-state index is 12.2. The van der Waals surface area contributed by atoms with Gasteiger partial charge in [0.2, 0.25) is 5.91 Å². The molecule has 1 aliphatic carbocycles. The molecule has 0 saturated heterocycles. The smallest absolute Gasteiger partial charge is 0.335 e. The summed E-state index contributed by atoms with van der Waals surface area (Å²) in [6, 6.07) is 11.8. The van der Waals surface area contributed by atoms with Gasteiger partial charge in [-0.3, -0.25) is 4.79 Å². The summed E-state index contributed by atoms with van der Waals surface area (Å²) in [5.41, 5.74) is 5.88. The van der Waals surface area contributed by atoms with Crippen molar-refractivity contribution in [1.29, 1.82) is 0 Å². The molecule has 1 saturated carbocycles. The third-order valence-electron chi connectivity index (χ3n) is 7.38. The van der Waals surface area contributed by atoms with Crippen molar-refractivity contribution in [2.24, 2.45) is 0 Å². The lowest BCUT2D eigenvalue weighted by Crippen LogP contribution is -2.21. The van der Waals surface area contributed by atoms with Gasteiger partial charge in [0, 0.05) is 37.0 Å². The van der Waals surface area contributed by atoms with E-state index in [1.54, 1.807) is 25.1 Å². The molecule has 1 aliphatic heterocycles. The minimum Gasteiger partial charge on any atom is -0.491 e. The van der Waals surface area contributed by atoms with E-state index in [4.69, 9.17) is 4.74 Å². The number of hydrogen-bond acceptors (Lipinski definition) is 3. The molecule has 6 heteroatoms. The first-order valence-electron chi connectivity index (χ1n) is 12.3. The topological polar surface area (TPSA) is 71.8 Å². The van der Waals surface area contributed by atoms with Gasteiger partial charge in [0.05, 0.1) is 17.8 Å². The Morgan fingerprint density at radius 1 is 1.12 bits per heavy atom. The van der Waals surface area contributed by atoms with Gasteiger partial charge < -0.3 is 19.3 Å². The van der Waals surface area contributed by atoms with Crippen LogP contribution in [0.4, 0.5) is 0 Å². The SMILES string of the molecule is CN(C)C(=O)CCc1cccc2c1OCCn1c-2c(C2CCCCC2)c2ccc(C(=O)O)cc21. The van der Waals surface area contributed by atoms with Gasteiger partial charge in [-0.05, 0) is 54.5 Å². The Bertz CT molecular complexity index is 1250. The van der Waals surface area contributed by atoms with Crippen LogP contribution in [-0.2, 0) is 17.8 Å². The molecule has 1 amide bonds. The van der Waals surface area contributed by atoms with Gasteiger partial charge in [0.25, 0.3) is 0 Å². The van der Waals surface area contributed by atoms with E-state index in [-0.39, 0.29) is 5.91 Å². The third kappa shape index (κ3) is 3.95. The average molecular weight is 461 g/mol. The first-order chi connectivity index (χ1) is 16.5. The maximum Gasteiger partial charge on any atom is 0.335 e. The van der Waals surface area contributed by atoms with Gasteiger partial charge >= 0.3 is 5.97 Å². The van der Waals surface area contributed by atoms with E-state index in [0.29, 0.717) is 37.5 Å². The Hall–Kier alpha value is -3.28. The lowest BCUT2D eigenvalue weighted by Gasteiger charge is -2.24. The van der Waals surface area contributed by atoms with Crippen molar-refractivity contribution in [2.45, 2.75) is 57.4 Å². The fourth-order valence-electron chi connectivity index (χ4n) is 5.68. The highest BCUT2D eigenvalue weighted by atomic mass is 16.5. The number of nitrogens with zero attached hydrogens (tertiary/aromatic N) is 2. The van der Waals surface area contributed by atoms with E-state index in [0.717, 1.165) is 46.3 Å². The van der Waals surface area contributed by atoms with Crippen molar-refractivity contribution in [2.75, 3.05) is 20.7 Å².